The number of hydrogen-bond donors (Lipinski definition) is 1. The molecule has 1 aromatic carbocycles. The van der Waals surface area contributed by atoms with Crippen LogP contribution in [-0.2, 0) is 13.1 Å². The molecule has 1 N–H and O–H groups in total. The molecule has 0 saturated carbocycles. The fraction of sp³-hybridized carbons (Fsp3) is 0.316. The molecule has 9 heteroatoms. The molecule has 8 nitrogen and oxygen atoms in total. The highest BCUT2D eigenvalue weighted by molar-refractivity contribution is 6.34. The molecule has 0 aliphatic carbocycles. The zero-order chi connectivity index (χ0) is 20.4. The minimum Gasteiger partial charge on any atom is -0.493 e. The molecule has 0 unspecified atom stereocenters. The summed E-state index contributed by atoms with van der Waals surface area (Å²) in [5, 5.41) is 0.396. The van der Waals surface area contributed by atoms with E-state index in [1.807, 2.05) is 6.92 Å². The predicted molar refractivity (Wildman–Crippen MR) is 109 cm³/mol. The summed E-state index contributed by atoms with van der Waals surface area (Å²) in [7, 11) is 3.05. The number of hydrogen-bond acceptors (Lipinski definition) is 5. The third kappa shape index (κ3) is 3.20. The first kappa shape index (κ1) is 19.8. The number of ether oxygens (including phenoxy) is 2. The molecule has 148 valence electrons. The zero-order valence-electron chi connectivity index (χ0n) is 16.1. The smallest absolute Gasteiger partial charge is 0.332 e. The Morgan fingerprint density at radius 3 is 2.43 bits per heavy atom. The van der Waals surface area contributed by atoms with Crippen LogP contribution in [0.5, 0.6) is 11.5 Å². The van der Waals surface area contributed by atoms with Gasteiger partial charge in [-0.25, -0.2) is 9.78 Å². The Bertz CT molecular complexity index is 1170. The van der Waals surface area contributed by atoms with Gasteiger partial charge in [-0.15, -0.1) is 0 Å². The first-order valence-corrected chi connectivity index (χ1v) is 9.16. The van der Waals surface area contributed by atoms with E-state index in [1.165, 1.54) is 23.4 Å². The van der Waals surface area contributed by atoms with Crippen LogP contribution in [0, 0.1) is 0 Å². The highest BCUT2D eigenvalue weighted by Gasteiger charge is 2.15. The summed E-state index contributed by atoms with van der Waals surface area (Å²) in [5.41, 5.74) is 0.566. The van der Waals surface area contributed by atoms with Crippen molar-refractivity contribution in [3.8, 4) is 11.5 Å². The number of H-pyrrole nitrogens is 1. The minimum absolute atomic E-state index is 0.291. The molecule has 0 aliphatic heterocycles. The van der Waals surface area contributed by atoms with E-state index >= 15 is 0 Å². The van der Waals surface area contributed by atoms with E-state index < -0.39 is 0 Å². The van der Waals surface area contributed by atoms with Crippen LogP contribution in [0.25, 0.3) is 23.3 Å². The molecule has 0 radical (unpaired) electrons. The molecular weight excluding hydrogens is 384 g/mol. The van der Waals surface area contributed by atoms with Crippen molar-refractivity contribution in [2.45, 2.75) is 26.9 Å². The average molecular weight is 405 g/mol. The molecule has 2 heterocycles. The Labute approximate surface area is 166 Å². The van der Waals surface area contributed by atoms with E-state index in [4.69, 9.17) is 21.1 Å². The number of halogens is 1. The highest BCUT2D eigenvalue weighted by atomic mass is 35.5. The summed E-state index contributed by atoms with van der Waals surface area (Å²) in [5.74, 6) is 1.40. The Morgan fingerprint density at radius 2 is 1.82 bits per heavy atom. The van der Waals surface area contributed by atoms with Gasteiger partial charge in [-0.2, -0.15) is 0 Å². The van der Waals surface area contributed by atoms with Crippen molar-refractivity contribution >= 4 is 34.9 Å². The molecule has 0 atom stereocenters. The lowest BCUT2D eigenvalue weighted by Crippen LogP contribution is -2.39. The maximum Gasteiger partial charge on any atom is 0.332 e. The van der Waals surface area contributed by atoms with Crippen molar-refractivity contribution < 1.29 is 9.47 Å². The van der Waals surface area contributed by atoms with Crippen LogP contribution in [0.15, 0.2) is 21.7 Å². The van der Waals surface area contributed by atoms with Crippen LogP contribution in [0.2, 0.25) is 5.02 Å². The quantitative estimate of drug-likeness (QED) is 0.682. The molecular formula is C19H21ClN4O4. The number of fused-ring (bicyclic) bond motifs is 1. The van der Waals surface area contributed by atoms with E-state index in [0.717, 1.165) is 0 Å². The lowest BCUT2D eigenvalue weighted by molar-refractivity contribution is 0.355. The van der Waals surface area contributed by atoms with Gasteiger partial charge in [0, 0.05) is 13.1 Å². The Morgan fingerprint density at radius 1 is 1.11 bits per heavy atom. The number of aromatic amines is 1. The Kier molecular flexibility index (Phi) is 5.60. The molecule has 2 aromatic heterocycles. The van der Waals surface area contributed by atoms with Gasteiger partial charge in [0.05, 0.1) is 19.2 Å². The monoisotopic (exact) mass is 404 g/mol. The Balaban J connectivity index is 2.10. The van der Waals surface area contributed by atoms with Gasteiger partial charge in [-0.1, -0.05) is 11.6 Å². The van der Waals surface area contributed by atoms with Gasteiger partial charge in [0.2, 0.25) is 0 Å². The van der Waals surface area contributed by atoms with Gasteiger partial charge in [0.25, 0.3) is 5.56 Å². The van der Waals surface area contributed by atoms with E-state index in [9.17, 15) is 9.59 Å². The lowest BCUT2D eigenvalue weighted by Gasteiger charge is -2.10. The normalized spacial score (nSPS) is 11.5. The van der Waals surface area contributed by atoms with E-state index in [2.05, 4.69) is 9.97 Å². The summed E-state index contributed by atoms with van der Waals surface area (Å²) < 4.78 is 13.2. The van der Waals surface area contributed by atoms with Gasteiger partial charge in [-0.3, -0.25) is 13.9 Å². The van der Waals surface area contributed by atoms with Crippen molar-refractivity contribution in [1.82, 2.24) is 19.1 Å². The third-order valence-electron chi connectivity index (χ3n) is 4.45. The number of nitrogens with zero attached hydrogens (tertiary/aromatic N) is 3. The van der Waals surface area contributed by atoms with Gasteiger partial charge in [0.1, 0.15) is 11.3 Å². The number of methoxy groups -OCH3 is 2. The van der Waals surface area contributed by atoms with Gasteiger partial charge in [0.15, 0.2) is 17.1 Å². The third-order valence-corrected chi connectivity index (χ3v) is 4.84. The summed E-state index contributed by atoms with van der Waals surface area (Å²) in [4.78, 5) is 32.4. The van der Waals surface area contributed by atoms with E-state index in [0.29, 0.717) is 52.2 Å². The summed E-state index contributed by atoms with van der Waals surface area (Å²) in [6.45, 7) is 4.29. The Hall–Kier alpha value is -3.00. The average Bonchev–Trinajstić information content (AvgIpc) is 3.11. The van der Waals surface area contributed by atoms with Gasteiger partial charge in [-0.05, 0) is 43.7 Å². The van der Waals surface area contributed by atoms with E-state index in [1.54, 1.807) is 31.2 Å². The van der Waals surface area contributed by atoms with E-state index in [-0.39, 0.29) is 11.2 Å². The van der Waals surface area contributed by atoms with Crippen molar-refractivity contribution in [3.63, 3.8) is 0 Å². The van der Waals surface area contributed by atoms with Crippen molar-refractivity contribution in [3.05, 3.63) is 49.4 Å². The number of aromatic nitrogens is 4. The van der Waals surface area contributed by atoms with Crippen molar-refractivity contribution in [2.24, 2.45) is 0 Å². The number of aryl methyl sites for hydroxylation is 1. The SMILES string of the molecule is CCn1c(=O)c2[nH]c(/C=C/c3ccc(OC)c(OC)c3Cl)nc2n(CC)c1=O. The number of rotatable bonds is 6. The van der Waals surface area contributed by atoms with Crippen LogP contribution >= 0.6 is 11.6 Å². The summed E-state index contributed by atoms with van der Waals surface area (Å²) in [6, 6.07) is 3.53. The van der Waals surface area contributed by atoms with Crippen LogP contribution < -0.4 is 20.7 Å². The molecule has 0 bridgehead atoms. The van der Waals surface area contributed by atoms with Gasteiger partial charge >= 0.3 is 5.69 Å². The molecule has 0 spiro atoms. The first-order valence-electron chi connectivity index (χ1n) is 8.78. The fourth-order valence-corrected chi connectivity index (χ4v) is 3.33. The summed E-state index contributed by atoms with van der Waals surface area (Å²) in [6.07, 6.45) is 3.43. The van der Waals surface area contributed by atoms with Crippen LogP contribution in [-0.4, -0.2) is 33.3 Å². The zero-order valence-corrected chi connectivity index (χ0v) is 16.8. The molecule has 0 aliphatic rings. The van der Waals surface area contributed by atoms with Crippen LogP contribution in [0.1, 0.15) is 25.2 Å². The predicted octanol–water partition coefficient (Wildman–Crippen LogP) is 2.77. The molecule has 0 fully saturated rings. The molecule has 28 heavy (non-hydrogen) atoms. The van der Waals surface area contributed by atoms with Crippen molar-refractivity contribution in [2.75, 3.05) is 14.2 Å². The molecule has 0 amide bonds. The standard InChI is InChI=1S/C19H21ClN4O4/c1-5-23-17-15(18(25)24(6-2)19(23)26)21-13(22-17)10-8-11-7-9-12(27-3)16(28-4)14(11)20/h7-10H,5-6H2,1-4H3,(H,21,22)/b10-8+. The van der Waals surface area contributed by atoms with Crippen LogP contribution in [0.4, 0.5) is 0 Å². The number of nitrogens with one attached hydrogen (secondary N) is 1. The second-order valence-corrected chi connectivity index (χ2v) is 6.31. The minimum atomic E-state index is -0.386. The topological polar surface area (TPSA) is 91.1 Å². The maximum atomic E-state index is 12.5. The number of benzene rings is 1. The molecule has 3 rings (SSSR count). The second kappa shape index (κ2) is 7.93. The van der Waals surface area contributed by atoms with Crippen molar-refractivity contribution in [1.29, 1.82) is 0 Å². The first-order chi connectivity index (χ1) is 13.5. The molecule has 0 saturated heterocycles. The largest absolute Gasteiger partial charge is 0.493 e. The van der Waals surface area contributed by atoms with Gasteiger partial charge < -0.3 is 14.5 Å². The fourth-order valence-electron chi connectivity index (χ4n) is 3.03. The lowest BCUT2D eigenvalue weighted by atomic mass is 10.2. The molecule has 3 aromatic rings. The highest BCUT2D eigenvalue weighted by Crippen LogP contribution is 2.37. The maximum absolute atomic E-state index is 12.5. The van der Waals surface area contributed by atoms with Crippen LogP contribution in [0.3, 0.4) is 0 Å². The second-order valence-electron chi connectivity index (χ2n) is 5.93. The summed E-state index contributed by atoms with van der Waals surface area (Å²) >= 11 is 6.39. The number of imidazole rings is 1.